The molecule has 9 fully saturated rings. The van der Waals surface area contributed by atoms with Crippen LogP contribution in [0.3, 0.4) is 0 Å². The minimum Gasteiger partial charge on any atom is -0.394 e. The average molecular weight is 889 g/mol. The molecule has 0 amide bonds. The Kier molecular flexibility index (Phi) is 13.0. The quantitative estimate of drug-likeness (QED) is 0.129. The minimum atomic E-state index is -1.82. The predicted molar refractivity (Wildman–Crippen MR) is 211 cm³/mol. The van der Waals surface area contributed by atoms with Crippen LogP contribution in [0.25, 0.3) is 0 Å². The van der Waals surface area contributed by atoms with E-state index in [2.05, 4.69) is 27.7 Å². The van der Waals surface area contributed by atoms with Gasteiger partial charge in [0.25, 0.3) is 0 Å². The van der Waals surface area contributed by atoms with E-state index in [0.717, 1.165) is 51.6 Å². The zero-order valence-electron chi connectivity index (χ0n) is 36.3. The van der Waals surface area contributed by atoms with E-state index in [4.69, 9.17) is 37.9 Å². The van der Waals surface area contributed by atoms with E-state index >= 15 is 0 Å². The van der Waals surface area contributed by atoms with Gasteiger partial charge in [-0.2, -0.15) is 0 Å². The van der Waals surface area contributed by atoms with Gasteiger partial charge in [0.2, 0.25) is 0 Å². The van der Waals surface area contributed by atoms with Crippen LogP contribution in [0.4, 0.5) is 0 Å². The summed E-state index contributed by atoms with van der Waals surface area (Å²) < 4.78 is 48.6. The van der Waals surface area contributed by atoms with Gasteiger partial charge in [-0.3, -0.25) is 0 Å². The van der Waals surface area contributed by atoms with Crippen molar-refractivity contribution < 1.29 is 89.0 Å². The zero-order valence-corrected chi connectivity index (χ0v) is 36.3. The molecule has 4 saturated carbocycles. The molecule has 18 nitrogen and oxygen atoms in total. The van der Waals surface area contributed by atoms with Crippen molar-refractivity contribution in [3.8, 4) is 0 Å². The van der Waals surface area contributed by atoms with Crippen molar-refractivity contribution in [1.82, 2.24) is 0 Å². The van der Waals surface area contributed by atoms with E-state index in [1.54, 1.807) is 0 Å². The van der Waals surface area contributed by atoms with Gasteiger partial charge in [-0.05, 0) is 97.7 Å². The van der Waals surface area contributed by atoms with Gasteiger partial charge in [0.15, 0.2) is 24.7 Å². The molecule has 356 valence electrons. The summed E-state index contributed by atoms with van der Waals surface area (Å²) in [7, 11) is 0. The molecule has 9 rings (SSSR count). The number of aliphatic hydroxyl groups excluding tert-OH is 10. The maximum atomic E-state index is 11.8. The molecule has 62 heavy (non-hydrogen) atoms. The number of aliphatic hydroxyl groups is 10. The van der Waals surface area contributed by atoms with E-state index in [0.29, 0.717) is 48.3 Å². The second-order valence-corrected chi connectivity index (χ2v) is 21.2. The normalized spacial score (nSPS) is 58.9. The number of fused-ring (bicyclic) bond motifs is 7. The Hall–Kier alpha value is -0.720. The van der Waals surface area contributed by atoms with Crippen molar-refractivity contribution >= 4 is 0 Å². The fraction of sp³-hybridized carbons (Fsp3) is 1.00. The van der Waals surface area contributed by atoms with E-state index in [-0.39, 0.29) is 22.9 Å². The molecule has 5 aliphatic heterocycles. The molecule has 9 aliphatic rings. The summed E-state index contributed by atoms with van der Waals surface area (Å²) in [6.45, 7) is 8.29. The van der Waals surface area contributed by atoms with Crippen LogP contribution in [0, 0.1) is 52.3 Å². The summed E-state index contributed by atoms with van der Waals surface area (Å²) in [6.07, 6.45) is -15.7. The fourth-order valence-corrected chi connectivity index (χ4v) is 14.4. The Morgan fingerprint density at radius 3 is 2.02 bits per heavy atom. The molecule has 0 radical (unpaired) electrons. The van der Waals surface area contributed by atoms with Crippen molar-refractivity contribution in [3.05, 3.63) is 0 Å². The molecule has 5 saturated heterocycles. The second-order valence-electron chi connectivity index (χ2n) is 21.2. The highest BCUT2D eigenvalue weighted by Crippen LogP contribution is 2.71. The van der Waals surface area contributed by atoms with E-state index in [1.807, 2.05) is 0 Å². The molecule has 27 unspecified atom stereocenters. The zero-order chi connectivity index (χ0) is 44.2. The maximum absolute atomic E-state index is 11.8. The summed E-state index contributed by atoms with van der Waals surface area (Å²) in [5.41, 5.74) is 0.0395. The van der Waals surface area contributed by atoms with Gasteiger partial charge in [-0.15, -0.1) is 0 Å². The van der Waals surface area contributed by atoms with Crippen molar-refractivity contribution in [2.75, 3.05) is 26.4 Å². The molecule has 0 aromatic heterocycles. The first-order chi connectivity index (χ1) is 29.4. The number of hydrogen-bond acceptors (Lipinski definition) is 18. The smallest absolute Gasteiger partial charge is 0.187 e. The lowest BCUT2D eigenvalue weighted by molar-refractivity contribution is -0.386. The van der Waals surface area contributed by atoms with Gasteiger partial charge in [0.05, 0.1) is 44.7 Å². The largest absolute Gasteiger partial charge is 0.394 e. The highest BCUT2D eigenvalue weighted by Gasteiger charge is 2.69. The van der Waals surface area contributed by atoms with E-state index in [9.17, 15) is 51.1 Å². The number of ether oxygens (including phenoxy) is 8. The molecule has 27 atom stereocenters. The van der Waals surface area contributed by atoms with Gasteiger partial charge in [-0.25, -0.2) is 0 Å². The van der Waals surface area contributed by atoms with Gasteiger partial charge >= 0.3 is 0 Å². The standard InChI is InChI=1S/C44H72O18/c1-18-7-10-44(56-16-18)19(2)30-27(62-44)12-23-21-6-5-20-11-26(24(47)13-43(20,4)22(21)8-9-42(23,30)3)57-40-36(54)34(52)37(29(15-46)59-40)60-41-38(33(51)32(50)28(14-45)58-41)61-39-35(53)31(49)25(48)17-55-39/h18-41,45-54H,5-17H2,1-4H3. The molecule has 5 heterocycles. The average Bonchev–Trinajstić information content (AvgIpc) is 3.69. The topological polar surface area (TPSA) is 276 Å². The Balaban J connectivity index is 0.846. The molecule has 0 aromatic carbocycles. The van der Waals surface area contributed by atoms with Crippen LogP contribution < -0.4 is 0 Å². The van der Waals surface area contributed by atoms with Gasteiger partial charge in [0, 0.05) is 12.3 Å². The second kappa shape index (κ2) is 17.4. The SMILES string of the molecule is CC1CCC2(OC1)OC1CC3C4CCC5CC(OC6OC(CO)C(OC7OC(CO)C(O)C(O)C7OC7OCC(O)C(O)C7O)C(O)C6O)C(O)CC5(C)C4CCC3(C)C1C2C. The molecule has 0 aromatic rings. The number of hydrogen-bond donors (Lipinski definition) is 10. The summed E-state index contributed by atoms with van der Waals surface area (Å²) in [5.74, 6) is 2.65. The van der Waals surface area contributed by atoms with E-state index in [1.165, 1.54) is 0 Å². The molecule has 10 N–H and O–H groups in total. The first kappa shape index (κ1) is 46.4. The Morgan fingerprint density at radius 1 is 0.613 bits per heavy atom. The predicted octanol–water partition coefficient (Wildman–Crippen LogP) is -1.12. The molecule has 18 heteroatoms. The maximum Gasteiger partial charge on any atom is 0.187 e. The van der Waals surface area contributed by atoms with Crippen LogP contribution in [-0.2, 0) is 37.9 Å². The summed E-state index contributed by atoms with van der Waals surface area (Å²) in [4.78, 5) is 0. The van der Waals surface area contributed by atoms with Crippen LogP contribution in [0.5, 0.6) is 0 Å². The molecule has 1 spiro atoms. The highest BCUT2D eigenvalue weighted by atomic mass is 16.8. The first-order valence-corrected chi connectivity index (χ1v) is 23.3. The Morgan fingerprint density at radius 2 is 1.31 bits per heavy atom. The Bertz CT molecular complexity index is 1550. The third-order valence-corrected chi connectivity index (χ3v) is 17.9. The number of rotatable bonds is 8. The van der Waals surface area contributed by atoms with Crippen LogP contribution in [0.2, 0.25) is 0 Å². The van der Waals surface area contributed by atoms with Crippen molar-refractivity contribution in [1.29, 1.82) is 0 Å². The van der Waals surface area contributed by atoms with E-state index < -0.39 is 124 Å². The Labute approximate surface area is 362 Å². The van der Waals surface area contributed by atoms with Crippen molar-refractivity contribution in [2.24, 2.45) is 52.3 Å². The third-order valence-electron chi connectivity index (χ3n) is 17.9. The third kappa shape index (κ3) is 7.55. The van der Waals surface area contributed by atoms with Crippen LogP contribution in [0.1, 0.15) is 85.5 Å². The van der Waals surface area contributed by atoms with Crippen LogP contribution >= 0.6 is 0 Å². The minimum absolute atomic E-state index is 0.130. The molecular weight excluding hydrogens is 816 g/mol. The van der Waals surface area contributed by atoms with Crippen molar-refractivity contribution in [2.45, 2.75) is 196 Å². The molecule has 0 bridgehead atoms. The van der Waals surface area contributed by atoms with Crippen molar-refractivity contribution in [3.63, 3.8) is 0 Å². The lowest BCUT2D eigenvalue weighted by atomic mass is 9.44. The molecule has 4 aliphatic carbocycles. The first-order valence-electron chi connectivity index (χ1n) is 23.3. The highest BCUT2D eigenvalue weighted by molar-refractivity contribution is 5.16. The van der Waals surface area contributed by atoms with Crippen LogP contribution in [-0.4, -0.2) is 188 Å². The van der Waals surface area contributed by atoms with Gasteiger partial charge in [0.1, 0.15) is 67.1 Å². The molecular formula is C44H72O18. The summed E-state index contributed by atoms with van der Waals surface area (Å²) in [5, 5.41) is 107. The fourth-order valence-electron chi connectivity index (χ4n) is 14.4. The summed E-state index contributed by atoms with van der Waals surface area (Å²) >= 11 is 0. The lowest BCUT2D eigenvalue weighted by Crippen LogP contribution is -2.66. The van der Waals surface area contributed by atoms with Gasteiger partial charge < -0.3 is 89.0 Å². The monoisotopic (exact) mass is 888 g/mol. The van der Waals surface area contributed by atoms with Crippen LogP contribution in [0.15, 0.2) is 0 Å². The lowest BCUT2D eigenvalue weighted by Gasteiger charge is -2.62. The summed E-state index contributed by atoms with van der Waals surface area (Å²) in [6, 6.07) is 0. The van der Waals surface area contributed by atoms with Gasteiger partial charge in [-0.1, -0.05) is 27.7 Å².